The number of anilines is 1. The Bertz CT molecular complexity index is 1510. The molecule has 4 aromatic rings. The number of ether oxygens (including phenoxy) is 3. The van der Waals surface area contributed by atoms with Crippen LogP contribution in [0.2, 0.25) is 5.02 Å². The second-order valence-corrected chi connectivity index (χ2v) is 11.5. The van der Waals surface area contributed by atoms with E-state index in [1.165, 1.54) is 5.56 Å². The van der Waals surface area contributed by atoms with Crippen LogP contribution in [0.25, 0.3) is 22.4 Å². The van der Waals surface area contributed by atoms with Gasteiger partial charge in [0.05, 0.1) is 53.8 Å². The van der Waals surface area contributed by atoms with Crippen LogP contribution >= 0.6 is 11.6 Å². The molecule has 39 heavy (non-hydrogen) atoms. The van der Waals surface area contributed by atoms with E-state index in [-0.39, 0.29) is 24.9 Å². The number of fused-ring (bicyclic) bond motifs is 3. The lowest BCUT2D eigenvalue weighted by molar-refractivity contribution is 0.00706. The largest absolute Gasteiger partial charge is 0.456 e. The third-order valence-corrected chi connectivity index (χ3v) is 7.62. The molecule has 3 aromatic heterocycles. The van der Waals surface area contributed by atoms with Gasteiger partial charge in [0, 0.05) is 29.6 Å². The van der Waals surface area contributed by atoms with Crippen molar-refractivity contribution in [1.29, 1.82) is 0 Å². The predicted molar refractivity (Wildman–Crippen MR) is 143 cm³/mol. The third kappa shape index (κ3) is 4.64. The first-order valence-corrected chi connectivity index (χ1v) is 13.4. The van der Waals surface area contributed by atoms with Crippen molar-refractivity contribution in [2.24, 2.45) is 0 Å². The highest BCUT2D eigenvalue weighted by Gasteiger charge is 2.48. The number of hydrogen-bond donors (Lipinski definition) is 3. The van der Waals surface area contributed by atoms with E-state index in [0.29, 0.717) is 47.6 Å². The van der Waals surface area contributed by atoms with Gasteiger partial charge in [0.15, 0.2) is 11.8 Å². The van der Waals surface area contributed by atoms with Crippen LogP contribution in [0.4, 0.5) is 5.69 Å². The summed E-state index contributed by atoms with van der Waals surface area (Å²) >= 11 is 6.62. The van der Waals surface area contributed by atoms with Gasteiger partial charge >= 0.3 is 0 Å². The van der Waals surface area contributed by atoms with Gasteiger partial charge < -0.3 is 34.3 Å². The first-order chi connectivity index (χ1) is 18.7. The van der Waals surface area contributed by atoms with Gasteiger partial charge in [-0.05, 0) is 32.0 Å². The van der Waals surface area contributed by atoms with Gasteiger partial charge in [0.1, 0.15) is 18.3 Å². The van der Waals surface area contributed by atoms with Crippen LogP contribution in [-0.4, -0.2) is 78.2 Å². The summed E-state index contributed by atoms with van der Waals surface area (Å²) in [7, 11) is 0. The smallest absolute Gasteiger partial charge is 0.296 e. The topological polar surface area (TPSA) is 131 Å². The van der Waals surface area contributed by atoms with Crippen molar-refractivity contribution in [1.82, 2.24) is 24.7 Å². The molecule has 0 aliphatic carbocycles. The van der Waals surface area contributed by atoms with Gasteiger partial charge in [-0.1, -0.05) is 23.7 Å². The molecule has 0 saturated carbocycles. The summed E-state index contributed by atoms with van der Waals surface area (Å²) in [6.07, 6.45) is 0.305. The number of hydrogen-bond acceptors (Lipinski definition) is 9. The van der Waals surface area contributed by atoms with Crippen LogP contribution in [-0.2, 0) is 29.1 Å². The molecular formula is C27H29ClN6O5. The Kier molecular flexibility index (Phi) is 5.83. The van der Waals surface area contributed by atoms with E-state index >= 15 is 0 Å². The highest BCUT2D eigenvalue weighted by atomic mass is 35.5. The minimum Gasteiger partial charge on any atom is -0.456 e. The molecule has 0 radical (unpaired) electrons. The lowest BCUT2D eigenvalue weighted by Crippen LogP contribution is -2.34. The molecule has 3 aliphatic heterocycles. The Balaban J connectivity index is 1.06. The zero-order valence-electron chi connectivity index (χ0n) is 21.5. The van der Waals surface area contributed by atoms with E-state index in [1.54, 1.807) is 19.9 Å². The number of nitrogens with zero attached hydrogens (tertiary/aromatic N) is 5. The number of rotatable bonds is 6. The van der Waals surface area contributed by atoms with Gasteiger partial charge in [0.25, 0.3) is 6.01 Å². The fourth-order valence-electron chi connectivity index (χ4n) is 5.54. The van der Waals surface area contributed by atoms with Crippen LogP contribution in [0.1, 0.15) is 25.1 Å². The van der Waals surface area contributed by atoms with E-state index in [1.807, 2.05) is 23.0 Å². The molecule has 3 N–H and O–H groups in total. The van der Waals surface area contributed by atoms with Gasteiger partial charge in [-0.15, -0.1) is 0 Å². The van der Waals surface area contributed by atoms with Crippen molar-refractivity contribution in [3.8, 4) is 17.3 Å². The summed E-state index contributed by atoms with van der Waals surface area (Å²) in [5.41, 5.74) is 5.14. The van der Waals surface area contributed by atoms with Crippen LogP contribution in [0.5, 0.6) is 6.01 Å². The van der Waals surface area contributed by atoms with E-state index in [4.69, 9.17) is 30.8 Å². The van der Waals surface area contributed by atoms with E-state index < -0.39 is 11.7 Å². The lowest BCUT2D eigenvalue weighted by atomic mass is 10.1. The van der Waals surface area contributed by atoms with Crippen molar-refractivity contribution < 1.29 is 24.4 Å². The number of pyridine rings is 1. The minimum absolute atomic E-state index is 0.237. The second kappa shape index (κ2) is 9.17. The summed E-state index contributed by atoms with van der Waals surface area (Å²) in [6.45, 7) is 6.06. The minimum atomic E-state index is -0.804. The van der Waals surface area contributed by atoms with Gasteiger partial charge in [-0.2, -0.15) is 10.1 Å². The molecule has 0 bridgehead atoms. The summed E-state index contributed by atoms with van der Waals surface area (Å²) in [6, 6.07) is 10.2. The number of aromatic amines is 1. The molecule has 0 spiro atoms. The Morgan fingerprint density at radius 3 is 2.69 bits per heavy atom. The van der Waals surface area contributed by atoms with E-state index in [9.17, 15) is 10.2 Å². The third-order valence-electron chi connectivity index (χ3n) is 7.33. The number of aliphatic hydroxyl groups excluding tert-OH is 1. The number of H-pyrrole nitrogens is 1. The maximum absolute atomic E-state index is 10.1. The van der Waals surface area contributed by atoms with Crippen molar-refractivity contribution in [3.05, 3.63) is 52.8 Å². The normalized spacial score (nSPS) is 24.5. The van der Waals surface area contributed by atoms with Crippen LogP contribution < -0.4 is 9.64 Å². The number of halogens is 1. The first kappa shape index (κ1) is 24.8. The maximum atomic E-state index is 10.1. The first-order valence-electron chi connectivity index (χ1n) is 13.0. The molecule has 6 heterocycles. The average Bonchev–Trinajstić information content (AvgIpc) is 3.67. The standard InChI is InChI=1S/C27H29ClN6O5/c1-27(2,36)13-34-9-15-8-33(10-19(15)32-34)16-5-3-14(4-6-16)22-17(28)7-18-25(30-22)31-26(29-18)39-21-12-38-23-20(35)11-37-24(21)23/h3-7,9,20-21,23-24,35-36H,8,10-13H2,1-2H3,(H,29,30,31)/t20-,21-,23-,24-/m1/s1. The fourth-order valence-corrected chi connectivity index (χ4v) is 5.80. The summed E-state index contributed by atoms with van der Waals surface area (Å²) in [4.78, 5) is 14.6. The van der Waals surface area contributed by atoms with Gasteiger partial charge in [-0.3, -0.25) is 4.68 Å². The molecule has 1 aromatic carbocycles. The average molecular weight is 553 g/mol. The van der Waals surface area contributed by atoms with Crippen LogP contribution in [0.3, 0.4) is 0 Å². The zero-order chi connectivity index (χ0) is 26.9. The number of nitrogens with one attached hydrogen (secondary N) is 1. The molecule has 2 fully saturated rings. The maximum Gasteiger partial charge on any atom is 0.296 e. The second-order valence-electron chi connectivity index (χ2n) is 11.1. The van der Waals surface area contributed by atoms with Crippen molar-refractivity contribution in [2.75, 3.05) is 18.1 Å². The molecule has 0 amide bonds. The van der Waals surface area contributed by atoms with Crippen LogP contribution in [0, 0.1) is 0 Å². The summed E-state index contributed by atoms with van der Waals surface area (Å²) in [5.74, 6) is 0. The van der Waals surface area contributed by atoms with E-state index in [0.717, 1.165) is 23.5 Å². The highest BCUT2D eigenvalue weighted by molar-refractivity contribution is 6.33. The Hall–Kier alpha value is -3.22. The van der Waals surface area contributed by atoms with Crippen molar-refractivity contribution in [2.45, 2.75) is 63.5 Å². The molecule has 7 rings (SSSR count). The Morgan fingerprint density at radius 2 is 1.92 bits per heavy atom. The van der Waals surface area contributed by atoms with Crippen molar-refractivity contribution in [3.63, 3.8) is 0 Å². The van der Waals surface area contributed by atoms with Gasteiger partial charge in [-0.25, -0.2) is 4.98 Å². The van der Waals surface area contributed by atoms with Gasteiger partial charge in [0.2, 0.25) is 0 Å². The molecule has 11 nitrogen and oxygen atoms in total. The number of imidazole rings is 1. The molecule has 3 aliphatic rings. The summed E-state index contributed by atoms with van der Waals surface area (Å²) < 4.78 is 19.1. The SMILES string of the molecule is CC(C)(O)Cn1cc2c(n1)CN(c1ccc(-c3nc4nc(O[C@@H]5CO[C@H]6[C@@H]5OC[C@H]6O)[nH]c4cc3Cl)cc1)C2. The van der Waals surface area contributed by atoms with E-state index in [2.05, 4.69) is 32.1 Å². The highest BCUT2D eigenvalue weighted by Crippen LogP contribution is 2.34. The predicted octanol–water partition coefficient (Wildman–Crippen LogP) is 2.67. The molecule has 4 atom stereocenters. The summed E-state index contributed by atoms with van der Waals surface area (Å²) in [5, 5.41) is 25.2. The van der Waals surface area contributed by atoms with Crippen molar-refractivity contribution >= 4 is 28.5 Å². The monoisotopic (exact) mass is 552 g/mol. The van der Waals surface area contributed by atoms with Crippen LogP contribution in [0.15, 0.2) is 36.5 Å². The number of aromatic nitrogens is 5. The Morgan fingerprint density at radius 1 is 1.13 bits per heavy atom. The molecule has 0 unspecified atom stereocenters. The quantitative estimate of drug-likeness (QED) is 0.330. The molecule has 2 saturated heterocycles. The molecule has 12 heteroatoms. The lowest BCUT2D eigenvalue weighted by Gasteiger charge is -2.20. The fraction of sp³-hybridized carbons (Fsp3) is 0.444. The zero-order valence-corrected chi connectivity index (χ0v) is 22.3. The number of aliphatic hydroxyl groups is 2. The molecule has 204 valence electrons. The number of benzene rings is 1. The Labute approximate surface area is 229 Å². The molecular weight excluding hydrogens is 524 g/mol.